The summed E-state index contributed by atoms with van der Waals surface area (Å²) in [5.74, 6) is -4.71. The van der Waals surface area contributed by atoms with Gasteiger partial charge in [0, 0.05) is 6.42 Å². The number of hydrogen-bond donors (Lipinski definition) is 2. The molecule has 1 amide bonds. The number of halogens is 3. The summed E-state index contributed by atoms with van der Waals surface area (Å²) >= 11 is 1.09. The molecule has 37 heavy (non-hydrogen) atoms. The minimum absolute atomic E-state index is 0.0582. The Morgan fingerprint density at radius 2 is 1.95 bits per heavy atom. The number of ether oxygens (including phenoxy) is 1. The van der Waals surface area contributed by atoms with Crippen LogP contribution in [0.2, 0.25) is 0 Å². The molecule has 198 valence electrons. The fourth-order valence-electron chi connectivity index (χ4n) is 3.99. The van der Waals surface area contributed by atoms with Crippen molar-refractivity contribution < 1.29 is 27.5 Å². The Morgan fingerprint density at radius 3 is 2.54 bits per heavy atom. The number of hydrogen-bond acceptors (Lipinski definition) is 10. The topological polar surface area (TPSA) is 145 Å². The molecule has 3 N–H and O–H groups in total. The number of methoxy groups -OCH3 is 1. The van der Waals surface area contributed by atoms with Gasteiger partial charge in [-0.15, -0.1) is 11.8 Å². The van der Waals surface area contributed by atoms with Gasteiger partial charge in [0.2, 0.25) is 12.0 Å². The van der Waals surface area contributed by atoms with Crippen LogP contribution >= 0.6 is 11.8 Å². The smallest absolute Gasteiger partial charge is 0.277 e. The van der Waals surface area contributed by atoms with E-state index < -0.39 is 45.6 Å². The van der Waals surface area contributed by atoms with E-state index in [0.29, 0.717) is 0 Å². The Kier molecular flexibility index (Phi) is 7.66. The third-order valence-electron chi connectivity index (χ3n) is 6.06. The normalized spacial score (nSPS) is 23.0. The van der Waals surface area contributed by atoms with Gasteiger partial charge in [-0.1, -0.05) is 0 Å². The number of amides is 1. The number of carbonyl (C=O) groups excluding carboxylic acids is 2. The van der Waals surface area contributed by atoms with E-state index >= 15 is 4.39 Å². The number of amidine groups is 1. The van der Waals surface area contributed by atoms with Crippen LogP contribution in [0.3, 0.4) is 0 Å². The van der Waals surface area contributed by atoms with Crippen LogP contribution in [-0.2, 0) is 10.3 Å². The van der Waals surface area contributed by atoms with Crippen molar-refractivity contribution in [2.45, 2.75) is 55.1 Å². The van der Waals surface area contributed by atoms with Gasteiger partial charge in [0.05, 0.1) is 29.0 Å². The number of nitrogens with one attached hydrogen (secondary N) is 1. The summed E-state index contributed by atoms with van der Waals surface area (Å²) in [5.41, 5.74) is 4.13. The fourth-order valence-corrected chi connectivity index (χ4v) is 5.89. The maximum absolute atomic E-state index is 15.3. The Balaban J connectivity index is 2.06. The molecule has 10 nitrogen and oxygen atoms in total. The van der Waals surface area contributed by atoms with Gasteiger partial charge < -0.3 is 15.8 Å². The highest BCUT2D eigenvalue weighted by molar-refractivity contribution is 8.02. The van der Waals surface area contributed by atoms with Crippen molar-refractivity contribution in [1.82, 2.24) is 15.0 Å². The second-order valence-electron chi connectivity index (χ2n) is 9.28. The predicted octanol–water partition coefficient (Wildman–Crippen LogP) is 3.49. The molecule has 0 aliphatic carbocycles. The summed E-state index contributed by atoms with van der Waals surface area (Å²) in [6.07, 6.45) is 2.72. The van der Waals surface area contributed by atoms with Crippen LogP contribution in [0.5, 0.6) is 5.88 Å². The van der Waals surface area contributed by atoms with Crippen LogP contribution in [0.4, 0.5) is 19.0 Å². The predicted molar refractivity (Wildman–Crippen MR) is 132 cm³/mol. The van der Waals surface area contributed by atoms with Crippen molar-refractivity contribution in [3.05, 3.63) is 41.7 Å². The number of rotatable bonds is 8. The fraction of sp³-hybridized carbons (Fsp3) is 0.478. The molecule has 2 aromatic heterocycles. The van der Waals surface area contributed by atoms with Gasteiger partial charge in [-0.05, 0) is 39.8 Å². The zero-order chi connectivity index (χ0) is 27.6. The maximum atomic E-state index is 15.3. The Hall–Kier alpha value is -3.51. The van der Waals surface area contributed by atoms with E-state index in [1.54, 1.807) is 13.8 Å². The highest BCUT2D eigenvalue weighted by Crippen LogP contribution is 2.57. The molecule has 3 rings (SSSR count). The quantitative estimate of drug-likeness (QED) is 0.385. The Bertz CT molecular complexity index is 1270. The molecule has 0 saturated carbocycles. The van der Waals surface area contributed by atoms with Crippen LogP contribution in [0.1, 0.15) is 50.3 Å². The van der Waals surface area contributed by atoms with Gasteiger partial charge in [0.1, 0.15) is 40.9 Å². The highest BCUT2D eigenvalue weighted by Gasteiger charge is 2.59. The van der Waals surface area contributed by atoms with Gasteiger partial charge in [-0.25, -0.2) is 32.9 Å². The van der Waals surface area contributed by atoms with E-state index in [0.717, 1.165) is 23.9 Å². The molecular weight excluding hydrogens is 511 g/mol. The lowest BCUT2D eigenvalue weighted by molar-refractivity contribution is -0.0146. The monoisotopic (exact) mass is 537 g/mol. The highest BCUT2D eigenvalue weighted by atomic mass is 32.2. The molecule has 0 fully saturated rings. The molecular formula is C23H26F3N7O3S. The molecule has 0 spiro atoms. The molecule has 0 saturated heterocycles. The maximum Gasteiger partial charge on any atom is 0.277 e. The van der Waals surface area contributed by atoms with E-state index in [2.05, 4.69) is 30.3 Å². The molecule has 3 heterocycles. The minimum Gasteiger partial charge on any atom is -0.480 e. The van der Waals surface area contributed by atoms with Crippen molar-refractivity contribution >= 4 is 35.4 Å². The molecule has 14 heteroatoms. The van der Waals surface area contributed by atoms with Crippen molar-refractivity contribution in [2.24, 2.45) is 15.7 Å². The van der Waals surface area contributed by atoms with Crippen molar-refractivity contribution in [3.63, 3.8) is 0 Å². The summed E-state index contributed by atoms with van der Waals surface area (Å²) < 4.78 is 47.6. The van der Waals surface area contributed by atoms with Crippen molar-refractivity contribution in [3.8, 4) is 5.88 Å². The summed E-state index contributed by atoms with van der Waals surface area (Å²) in [4.78, 5) is 42.7. The zero-order valence-corrected chi connectivity index (χ0v) is 21.6. The number of aromatic nitrogens is 3. The number of carbonyl (C=O) groups is 1. The zero-order valence-electron chi connectivity index (χ0n) is 20.8. The molecule has 2 atom stereocenters. The van der Waals surface area contributed by atoms with Crippen molar-refractivity contribution in [2.75, 3.05) is 19.0 Å². The SMILES string of the molecule is COc1cnc(C(=O)Nc2ccc(F)c([C@@]3(C)N=C(N)C(C)(C)SC3(C)CC(F)(F)CN=C=O)n2)cn1. The van der Waals surface area contributed by atoms with Gasteiger partial charge in [-0.3, -0.25) is 9.79 Å². The van der Waals surface area contributed by atoms with E-state index in [9.17, 15) is 18.4 Å². The van der Waals surface area contributed by atoms with Crippen LogP contribution in [-0.4, -0.2) is 61.8 Å². The first-order valence-corrected chi connectivity index (χ1v) is 11.8. The Labute approximate surface area is 215 Å². The number of pyridine rings is 1. The molecule has 2 aromatic rings. The third kappa shape index (κ3) is 5.75. The third-order valence-corrected chi connectivity index (χ3v) is 7.77. The van der Waals surface area contributed by atoms with E-state index in [-0.39, 0.29) is 28.9 Å². The summed E-state index contributed by atoms with van der Waals surface area (Å²) in [6, 6.07) is 2.27. The first-order chi connectivity index (χ1) is 17.2. The van der Waals surface area contributed by atoms with Crippen LogP contribution in [0.15, 0.2) is 34.5 Å². The van der Waals surface area contributed by atoms with E-state index in [1.807, 2.05) is 0 Å². The molecule has 1 aliphatic heterocycles. The van der Waals surface area contributed by atoms with Gasteiger partial charge in [0.15, 0.2) is 0 Å². The second-order valence-corrected chi connectivity index (χ2v) is 11.4. The first kappa shape index (κ1) is 28.1. The average molecular weight is 538 g/mol. The van der Waals surface area contributed by atoms with Crippen LogP contribution in [0, 0.1) is 5.82 Å². The van der Waals surface area contributed by atoms with Gasteiger partial charge in [-0.2, -0.15) is 4.99 Å². The van der Waals surface area contributed by atoms with Gasteiger partial charge >= 0.3 is 0 Å². The molecule has 1 unspecified atom stereocenters. The number of anilines is 1. The lowest BCUT2D eigenvalue weighted by Crippen LogP contribution is -2.57. The van der Waals surface area contributed by atoms with Crippen molar-refractivity contribution in [1.29, 1.82) is 0 Å². The molecule has 0 aromatic carbocycles. The van der Waals surface area contributed by atoms with Gasteiger partial charge in [0.25, 0.3) is 11.8 Å². The lowest BCUT2D eigenvalue weighted by Gasteiger charge is -2.51. The number of alkyl halides is 2. The molecule has 0 radical (unpaired) electrons. The number of nitrogens with two attached hydrogens (primary N) is 1. The standard InChI is InChI=1S/C23H26F3N7O3S/c1-20(2)19(27)33-22(4,21(3,37-20)10-23(25,26)11-28-12-34)17-13(24)6-7-15(31-17)32-18(35)14-8-30-16(36-5)9-29-14/h6-9H,10-11H2,1-5H3,(H2,27,33)(H,31,32,35)/t21?,22-/m1/s1. The summed E-state index contributed by atoms with van der Waals surface area (Å²) in [5, 5.41) is 2.50. The van der Waals surface area contributed by atoms with E-state index in [4.69, 9.17) is 10.5 Å². The van der Waals surface area contributed by atoms with Crippen LogP contribution in [0.25, 0.3) is 0 Å². The largest absolute Gasteiger partial charge is 0.480 e. The minimum atomic E-state index is -3.44. The summed E-state index contributed by atoms with van der Waals surface area (Å²) in [6.45, 7) is 5.30. The Morgan fingerprint density at radius 1 is 1.24 bits per heavy atom. The first-order valence-electron chi connectivity index (χ1n) is 11.0. The van der Waals surface area contributed by atoms with Crippen LogP contribution < -0.4 is 15.8 Å². The van der Waals surface area contributed by atoms with E-state index in [1.165, 1.54) is 39.4 Å². The second kappa shape index (κ2) is 10.1. The molecule has 1 aliphatic rings. The number of nitrogens with zero attached hydrogens (tertiary/aromatic N) is 5. The molecule has 0 bridgehead atoms. The number of isocyanates is 1. The summed E-state index contributed by atoms with van der Waals surface area (Å²) in [7, 11) is 1.40. The average Bonchev–Trinajstić information content (AvgIpc) is 2.82. The lowest BCUT2D eigenvalue weighted by atomic mass is 9.78. The number of thioether (sulfide) groups is 1. The number of aliphatic imine (C=N–C) groups is 2.